The highest BCUT2D eigenvalue weighted by atomic mass is 16.1. The summed E-state index contributed by atoms with van der Waals surface area (Å²) in [4.78, 5) is 11.2. The van der Waals surface area contributed by atoms with Crippen LogP contribution in [0.4, 0.5) is 0 Å². The maximum atomic E-state index is 11.2. The predicted octanol–water partition coefficient (Wildman–Crippen LogP) is 3.24. The number of amides is 1. The van der Waals surface area contributed by atoms with Gasteiger partial charge in [-0.15, -0.1) is 0 Å². The molecule has 86 valence electrons. The van der Waals surface area contributed by atoms with E-state index < -0.39 is 0 Å². The molecule has 1 amide bonds. The normalized spacial score (nSPS) is 22.1. The molecule has 1 rings (SSSR count). The van der Waals surface area contributed by atoms with Gasteiger partial charge in [0.2, 0.25) is 5.91 Å². The molecule has 1 aliphatic rings. The topological polar surface area (TPSA) is 29.1 Å². The second-order valence-corrected chi connectivity index (χ2v) is 5.47. The standard InChI is InChI=1S/C13H23NO/c1-5-12(15)14-11-8-6-10(7-9-11)13(2,3)4/h8,10H,5-7,9H2,1-4H3,(H,14,15)/t10-/m1/s1. The molecule has 0 saturated heterocycles. The van der Waals surface area contributed by atoms with Gasteiger partial charge in [0.1, 0.15) is 0 Å². The SMILES string of the molecule is CCC(=O)NC1=CC[C@@H](C(C)(C)C)CC1. The van der Waals surface area contributed by atoms with Crippen LogP contribution in [-0.2, 0) is 4.79 Å². The lowest BCUT2D eigenvalue weighted by atomic mass is 9.74. The Labute approximate surface area is 93.1 Å². The molecule has 0 radical (unpaired) electrons. The first-order chi connectivity index (χ1) is 6.93. The van der Waals surface area contributed by atoms with Gasteiger partial charge < -0.3 is 5.32 Å². The summed E-state index contributed by atoms with van der Waals surface area (Å²) < 4.78 is 0. The lowest BCUT2D eigenvalue weighted by Gasteiger charge is -2.33. The van der Waals surface area contributed by atoms with Gasteiger partial charge in [-0.25, -0.2) is 0 Å². The molecule has 0 spiro atoms. The maximum Gasteiger partial charge on any atom is 0.223 e. The van der Waals surface area contributed by atoms with Crippen molar-refractivity contribution in [3.05, 3.63) is 11.8 Å². The molecule has 0 heterocycles. The summed E-state index contributed by atoms with van der Waals surface area (Å²) in [5.74, 6) is 0.884. The quantitative estimate of drug-likeness (QED) is 0.743. The molecule has 15 heavy (non-hydrogen) atoms. The number of rotatable bonds is 2. The van der Waals surface area contributed by atoms with Gasteiger partial charge in [0.15, 0.2) is 0 Å². The van der Waals surface area contributed by atoms with Crippen molar-refractivity contribution in [2.45, 2.75) is 53.4 Å². The van der Waals surface area contributed by atoms with E-state index in [0.717, 1.165) is 24.5 Å². The van der Waals surface area contributed by atoms with Crippen molar-refractivity contribution >= 4 is 5.91 Å². The lowest BCUT2D eigenvalue weighted by Crippen LogP contribution is -2.27. The van der Waals surface area contributed by atoms with E-state index in [1.54, 1.807) is 0 Å². The maximum absolute atomic E-state index is 11.2. The molecule has 0 saturated carbocycles. The summed E-state index contributed by atoms with van der Waals surface area (Å²) >= 11 is 0. The summed E-state index contributed by atoms with van der Waals surface area (Å²) in [5, 5.41) is 2.96. The Hall–Kier alpha value is -0.790. The molecular formula is C13H23NO. The number of hydrogen-bond donors (Lipinski definition) is 1. The molecule has 0 aromatic carbocycles. The fourth-order valence-electron chi connectivity index (χ4n) is 2.00. The lowest BCUT2D eigenvalue weighted by molar-refractivity contribution is -0.120. The van der Waals surface area contributed by atoms with Crippen molar-refractivity contribution in [2.75, 3.05) is 0 Å². The highest BCUT2D eigenvalue weighted by Crippen LogP contribution is 2.36. The molecule has 0 aromatic rings. The molecule has 1 N–H and O–H groups in total. The fourth-order valence-corrected chi connectivity index (χ4v) is 2.00. The summed E-state index contributed by atoms with van der Waals surface area (Å²) in [5.41, 5.74) is 1.51. The first-order valence-electron chi connectivity index (χ1n) is 5.92. The third kappa shape index (κ3) is 3.69. The largest absolute Gasteiger partial charge is 0.330 e. The zero-order valence-corrected chi connectivity index (χ0v) is 10.4. The minimum Gasteiger partial charge on any atom is -0.330 e. The van der Waals surface area contributed by atoms with Gasteiger partial charge in [-0.2, -0.15) is 0 Å². The second kappa shape index (κ2) is 4.82. The average molecular weight is 209 g/mol. The second-order valence-electron chi connectivity index (χ2n) is 5.47. The zero-order chi connectivity index (χ0) is 11.5. The van der Waals surface area contributed by atoms with Crippen molar-refractivity contribution in [3.63, 3.8) is 0 Å². The molecule has 1 atom stereocenters. The Balaban J connectivity index is 2.49. The number of carbonyl (C=O) groups excluding carboxylic acids is 1. The first-order valence-corrected chi connectivity index (χ1v) is 5.92. The number of carbonyl (C=O) groups is 1. The van der Waals surface area contributed by atoms with Gasteiger partial charge in [-0.05, 0) is 30.6 Å². The minimum atomic E-state index is 0.135. The Bertz CT molecular complexity index is 260. The highest BCUT2D eigenvalue weighted by Gasteiger charge is 2.26. The van der Waals surface area contributed by atoms with Crippen LogP contribution in [0.25, 0.3) is 0 Å². The number of allylic oxidation sites excluding steroid dienone is 2. The first kappa shape index (κ1) is 12.3. The molecule has 0 aliphatic heterocycles. The number of hydrogen-bond acceptors (Lipinski definition) is 1. The van der Waals surface area contributed by atoms with Gasteiger partial charge in [0.05, 0.1) is 0 Å². The van der Waals surface area contributed by atoms with Crippen molar-refractivity contribution in [1.29, 1.82) is 0 Å². The summed E-state index contributed by atoms with van der Waals surface area (Å²) in [6.07, 6.45) is 6.09. The molecule has 0 aromatic heterocycles. The van der Waals surface area contributed by atoms with Crippen molar-refractivity contribution in [3.8, 4) is 0 Å². The molecule has 2 nitrogen and oxygen atoms in total. The van der Waals surface area contributed by atoms with E-state index in [-0.39, 0.29) is 5.91 Å². The third-order valence-electron chi connectivity index (χ3n) is 3.26. The fraction of sp³-hybridized carbons (Fsp3) is 0.769. The van der Waals surface area contributed by atoms with Crippen LogP contribution in [0.2, 0.25) is 0 Å². The summed E-state index contributed by atoms with van der Waals surface area (Å²) in [6, 6.07) is 0. The third-order valence-corrected chi connectivity index (χ3v) is 3.26. The monoisotopic (exact) mass is 209 g/mol. The Morgan fingerprint density at radius 3 is 2.60 bits per heavy atom. The molecule has 0 bridgehead atoms. The van der Waals surface area contributed by atoms with Gasteiger partial charge >= 0.3 is 0 Å². The molecular weight excluding hydrogens is 186 g/mol. The van der Waals surface area contributed by atoms with Crippen LogP contribution in [0.3, 0.4) is 0 Å². The molecule has 0 unspecified atom stereocenters. The van der Waals surface area contributed by atoms with Crippen LogP contribution in [0.1, 0.15) is 53.4 Å². The highest BCUT2D eigenvalue weighted by molar-refractivity contribution is 5.77. The van der Waals surface area contributed by atoms with Crippen molar-refractivity contribution in [2.24, 2.45) is 11.3 Å². The molecule has 0 fully saturated rings. The van der Waals surface area contributed by atoms with Crippen molar-refractivity contribution < 1.29 is 4.79 Å². The summed E-state index contributed by atoms with van der Waals surface area (Å²) in [6.45, 7) is 8.76. The van der Waals surface area contributed by atoms with E-state index in [1.807, 2.05) is 6.92 Å². The van der Waals surface area contributed by atoms with E-state index in [1.165, 1.54) is 6.42 Å². The predicted molar refractivity (Wildman–Crippen MR) is 63.3 cm³/mol. The Morgan fingerprint density at radius 2 is 2.20 bits per heavy atom. The van der Waals surface area contributed by atoms with Crippen LogP contribution in [0.15, 0.2) is 11.8 Å². The Kier molecular flexibility index (Phi) is 3.95. The van der Waals surface area contributed by atoms with Crippen molar-refractivity contribution in [1.82, 2.24) is 5.32 Å². The van der Waals surface area contributed by atoms with E-state index >= 15 is 0 Å². The smallest absolute Gasteiger partial charge is 0.223 e. The van der Waals surface area contributed by atoms with Crippen LogP contribution < -0.4 is 5.32 Å². The minimum absolute atomic E-state index is 0.135. The van der Waals surface area contributed by atoms with Crippen LogP contribution in [-0.4, -0.2) is 5.91 Å². The van der Waals surface area contributed by atoms with Gasteiger partial charge in [-0.3, -0.25) is 4.79 Å². The van der Waals surface area contributed by atoms with Gasteiger partial charge in [0.25, 0.3) is 0 Å². The molecule has 2 heteroatoms. The van der Waals surface area contributed by atoms with Gasteiger partial charge in [-0.1, -0.05) is 33.8 Å². The summed E-state index contributed by atoms with van der Waals surface area (Å²) in [7, 11) is 0. The zero-order valence-electron chi connectivity index (χ0n) is 10.4. The van der Waals surface area contributed by atoms with E-state index in [0.29, 0.717) is 11.8 Å². The molecule has 1 aliphatic carbocycles. The van der Waals surface area contributed by atoms with Crippen LogP contribution >= 0.6 is 0 Å². The average Bonchev–Trinajstić information content (AvgIpc) is 2.17. The Morgan fingerprint density at radius 1 is 1.53 bits per heavy atom. The van der Waals surface area contributed by atoms with E-state index in [2.05, 4.69) is 32.2 Å². The van der Waals surface area contributed by atoms with Crippen LogP contribution in [0.5, 0.6) is 0 Å². The number of nitrogens with one attached hydrogen (secondary N) is 1. The van der Waals surface area contributed by atoms with Gasteiger partial charge in [0, 0.05) is 12.1 Å². The van der Waals surface area contributed by atoms with E-state index in [4.69, 9.17) is 0 Å². The van der Waals surface area contributed by atoms with E-state index in [9.17, 15) is 4.79 Å². The van der Waals surface area contributed by atoms with Crippen LogP contribution in [0, 0.1) is 11.3 Å².